The molecule has 96 valence electrons. The van der Waals surface area contributed by atoms with Gasteiger partial charge in [-0.2, -0.15) is 0 Å². The number of hydrogen-bond donors (Lipinski definition) is 1. The Labute approximate surface area is 104 Å². The minimum atomic E-state index is -0.221. The number of rotatable bonds is 0. The molecular formula is C15H24O2. The van der Waals surface area contributed by atoms with Crippen molar-refractivity contribution in [2.75, 3.05) is 0 Å². The number of aliphatic hydroxyl groups is 1. The topological polar surface area (TPSA) is 32.8 Å². The largest absolute Gasteiger partial charge is 0.390 e. The molecule has 2 heteroatoms. The van der Waals surface area contributed by atoms with Crippen molar-refractivity contribution in [3.8, 4) is 0 Å². The molecule has 0 radical (unpaired) electrons. The van der Waals surface area contributed by atoms with Gasteiger partial charge in [0.15, 0.2) is 0 Å². The molecule has 0 aromatic carbocycles. The maximum atomic E-state index is 10.5. The van der Waals surface area contributed by atoms with Crippen molar-refractivity contribution >= 4 is 0 Å². The second-order valence-electron chi connectivity index (χ2n) is 8.24. The zero-order valence-corrected chi connectivity index (χ0v) is 11.4. The molecule has 0 spiro atoms. The van der Waals surface area contributed by atoms with Gasteiger partial charge < -0.3 is 9.84 Å². The summed E-state index contributed by atoms with van der Waals surface area (Å²) < 4.78 is 6.34. The molecule has 0 amide bonds. The Balaban J connectivity index is 1.85. The predicted octanol–water partition coefficient (Wildman–Crippen LogP) is 2.74. The van der Waals surface area contributed by atoms with E-state index in [0.29, 0.717) is 11.3 Å². The van der Waals surface area contributed by atoms with E-state index in [1.807, 2.05) is 0 Å². The third-order valence-corrected chi connectivity index (χ3v) is 6.57. The Kier molecular flexibility index (Phi) is 1.57. The second-order valence-corrected chi connectivity index (χ2v) is 8.24. The SMILES string of the molecule is CC1CC(O)C23OC12CC(C)(C)CC1C[C@]13C. The van der Waals surface area contributed by atoms with Gasteiger partial charge in [-0.15, -0.1) is 0 Å². The van der Waals surface area contributed by atoms with E-state index < -0.39 is 0 Å². The molecule has 1 saturated heterocycles. The average Bonchev–Trinajstić information content (AvgIpc) is 2.99. The van der Waals surface area contributed by atoms with Crippen molar-refractivity contribution < 1.29 is 9.84 Å². The van der Waals surface area contributed by atoms with Crippen LogP contribution in [0.4, 0.5) is 0 Å². The summed E-state index contributed by atoms with van der Waals surface area (Å²) in [7, 11) is 0. The second kappa shape index (κ2) is 2.46. The maximum absolute atomic E-state index is 10.5. The van der Waals surface area contributed by atoms with Crippen LogP contribution >= 0.6 is 0 Å². The first-order chi connectivity index (χ1) is 7.78. The lowest BCUT2D eigenvalue weighted by molar-refractivity contribution is 0.00265. The van der Waals surface area contributed by atoms with Gasteiger partial charge >= 0.3 is 0 Å². The summed E-state index contributed by atoms with van der Waals surface area (Å²) >= 11 is 0. The Morgan fingerprint density at radius 3 is 2.59 bits per heavy atom. The van der Waals surface area contributed by atoms with Crippen molar-refractivity contribution in [2.24, 2.45) is 22.7 Å². The smallest absolute Gasteiger partial charge is 0.129 e. The lowest BCUT2D eigenvalue weighted by Gasteiger charge is -2.29. The summed E-state index contributed by atoms with van der Waals surface area (Å²) in [5.74, 6) is 1.30. The third-order valence-electron chi connectivity index (χ3n) is 6.57. The number of epoxide rings is 1. The number of ether oxygens (including phenoxy) is 1. The van der Waals surface area contributed by atoms with Crippen LogP contribution in [0.3, 0.4) is 0 Å². The molecule has 0 bridgehead atoms. The summed E-state index contributed by atoms with van der Waals surface area (Å²) in [4.78, 5) is 0. The van der Waals surface area contributed by atoms with Crippen molar-refractivity contribution in [1.82, 2.24) is 0 Å². The van der Waals surface area contributed by atoms with Crippen LogP contribution < -0.4 is 0 Å². The fraction of sp³-hybridized carbons (Fsp3) is 1.00. The molecule has 1 heterocycles. The predicted molar refractivity (Wildman–Crippen MR) is 65.6 cm³/mol. The Morgan fingerprint density at radius 2 is 1.88 bits per heavy atom. The van der Waals surface area contributed by atoms with Crippen molar-refractivity contribution in [3.63, 3.8) is 0 Å². The maximum Gasteiger partial charge on any atom is 0.129 e. The van der Waals surface area contributed by atoms with Gasteiger partial charge in [-0.3, -0.25) is 0 Å². The Bertz CT molecular complexity index is 404. The first-order valence-corrected chi connectivity index (χ1v) is 7.16. The number of fused-ring (bicyclic) bond motifs is 1. The van der Waals surface area contributed by atoms with Crippen LogP contribution in [0.2, 0.25) is 0 Å². The van der Waals surface area contributed by atoms with Crippen LogP contribution in [0.1, 0.15) is 53.4 Å². The highest BCUT2D eigenvalue weighted by atomic mass is 16.7. The van der Waals surface area contributed by atoms with Gasteiger partial charge in [-0.05, 0) is 42.9 Å². The van der Waals surface area contributed by atoms with Crippen LogP contribution in [-0.4, -0.2) is 22.4 Å². The van der Waals surface area contributed by atoms with E-state index >= 15 is 0 Å². The quantitative estimate of drug-likeness (QED) is 0.656. The summed E-state index contributed by atoms with van der Waals surface area (Å²) in [6.07, 6.45) is 4.45. The normalized spacial score (nSPS) is 66.5. The molecule has 4 rings (SSSR count). The standard InChI is InChI=1S/C15H24O2/c1-9-5-11(16)15-13(4)7-10(13)6-12(2,3)8-14(9,15)17-15/h9-11,16H,5-8H2,1-4H3/t9?,10?,11?,13-,14?,15?/m1/s1. The lowest BCUT2D eigenvalue weighted by Crippen LogP contribution is -2.39. The molecule has 5 unspecified atom stereocenters. The first-order valence-electron chi connectivity index (χ1n) is 7.16. The van der Waals surface area contributed by atoms with E-state index in [2.05, 4.69) is 27.7 Å². The highest BCUT2D eigenvalue weighted by Crippen LogP contribution is 2.83. The zero-order chi connectivity index (χ0) is 12.3. The van der Waals surface area contributed by atoms with Gasteiger partial charge in [0, 0.05) is 5.41 Å². The molecule has 17 heavy (non-hydrogen) atoms. The average molecular weight is 236 g/mol. The molecule has 4 aliphatic rings. The van der Waals surface area contributed by atoms with Crippen LogP contribution in [0, 0.1) is 22.7 Å². The van der Waals surface area contributed by atoms with Crippen molar-refractivity contribution in [2.45, 2.75) is 70.7 Å². The molecule has 1 aliphatic heterocycles. The molecule has 0 aromatic heterocycles. The van der Waals surface area contributed by atoms with Crippen LogP contribution in [0.15, 0.2) is 0 Å². The summed E-state index contributed by atoms with van der Waals surface area (Å²) in [5.41, 5.74) is 0.484. The minimum Gasteiger partial charge on any atom is -0.390 e. The van der Waals surface area contributed by atoms with Gasteiger partial charge in [0.1, 0.15) is 11.2 Å². The van der Waals surface area contributed by atoms with E-state index in [9.17, 15) is 5.11 Å². The van der Waals surface area contributed by atoms with Gasteiger partial charge in [0.25, 0.3) is 0 Å². The molecule has 4 fully saturated rings. The third kappa shape index (κ3) is 0.920. The molecule has 6 atom stereocenters. The lowest BCUT2D eigenvalue weighted by atomic mass is 9.73. The monoisotopic (exact) mass is 236 g/mol. The van der Waals surface area contributed by atoms with E-state index in [1.54, 1.807) is 0 Å². The minimum absolute atomic E-state index is 0.00984. The van der Waals surface area contributed by atoms with Crippen LogP contribution in [0.5, 0.6) is 0 Å². The molecular weight excluding hydrogens is 212 g/mol. The molecule has 2 nitrogen and oxygen atoms in total. The Hall–Kier alpha value is -0.0800. The first kappa shape index (κ1) is 10.8. The zero-order valence-electron chi connectivity index (χ0n) is 11.4. The molecule has 3 aliphatic carbocycles. The molecule has 1 N–H and O–H groups in total. The van der Waals surface area contributed by atoms with Crippen molar-refractivity contribution in [1.29, 1.82) is 0 Å². The van der Waals surface area contributed by atoms with Gasteiger partial charge in [0.05, 0.1) is 6.10 Å². The van der Waals surface area contributed by atoms with Crippen LogP contribution in [-0.2, 0) is 4.74 Å². The van der Waals surface area contributed by atoms with Gasteiger partial charge in [-0.1, -0.05) is 27.7 Å². The van der Waals surface area contributed by atoms with Gasteiger partial charge in [0.2, 0.25) is 0 Å². The Morgan fingerprint density at radius 1 is 1.18 bits per heavy atom. The van der Waals surface area contributed by atoms with E-state index in [4.69, 9.17) is 4.74 Å². The molecule has 3 saturated carbocycles. The number of hydrogen-bond acceptors (Lipinski definition) is 2. The van der Waals surface area contributed by atoms with E-state index in [-0.39, 0.29) is 22.7 Å². The number of aliphatic hydroxyl groups excluding tert-OH is 1. The summed E-state index contributed by atoms with van der Waals surface area (Å²) in [6, 6.07) is 0. The fourth-order valence-electron chi connectivity index (χ4n) is 5.75. The fourth-order valence-corrected chi connectivity index (χ4v) is 5.75. The highest BCUT2D eigenvalue weighted by molar-refractivity contribution is 5.38. The highest BCUT2D eigenvalue weighted by Gasteiger charge is 2.90. The summed E-state index contributed by atoms with van der Waals surface area (Å²) in [6.45, 7) is 9.41. The molecule has 0 aromatic rings. The van der Waals surface area contributed by atoms with Crippen LogP contribution in [0.25, 0.3) is 0 Å². The van der Waals surface area contributed by atoms with Crippen molar-refractivity contribution in [3.05, 3.63) is 0 Å². The van der Waals surface area contributed by atoms with Gasteiger partial charge in [-0.25, -0.2) is 0 Å². The van der Waals surface area contributed by atoms with E-state index in [0.717, 1.165) is 18.8 Å². The van der Waals surface area contributed by atoms with E-state index in [1.165, 1.54) is 12.8 Å². The summed E-state index contributed by atoms with van der Waals surface area (Å²) in [5, 5.41) is 10.5.